The van der Waals surface area contributed by atoms with Crippen molar-refractivity contribution in [3.63, 3.8) is 0 Å². The molecule has 1 fully saturated rings. The molecule has 2 aliphatic rings. The number of ether oxygens (including phenoxy) is 1. The number of morpholine rings is 1. The predicted octanol–water partition coefficient (Wildman–Crippen LogP) is 3.63. The van der Waals surface area contributed by atoms with E-state index in [2.05, 4.69) is 4.90 Å². The zero-order chi connectivity index (χ0) is 22.5. The normalized spacial score (nSPS) is 20.0. The van der Waals surface area contributed by atoms with E-state index in [1.54, 1.807) is 41.3 Å². The number of amides is 1. The Kier molecular flexibility index (Phi) is 7.09. The number of carbonyl (C=O) groups excluding carboxylic acids is 2. The summed E-state index contributed by atoms with van der Waals surface area (Å²) in [5.74, 6) is -1.01. The topological polar surface area (TPSA) is 83.2 Å². The number of ketones is 1. The first-order valence-corrected chi connectivity index (χ1v) is 11.0. The van der Waals surface area contributed by atoms with Crippen molar-refractivity contribution < 1.29 is 23.8 Å². The molecule has 3 heterocycles. The van der Waals surface area contributed by atoms with E-state index in [1.165, 1.54) is 18.4 Å². The van der Waals surface area contributed by atoms with Gasteiger partial charge in [0.15, 0.2) is 11.5 Å². The van der Waals surface area contributed by atoms with Crippen LogP contribution in [0.3, 0.4) is 0 Å². The summed E-state index contributed by atoms with van der Waals surface area (Å²) in [5, 5.41) is 11.1. The molecule has 32 heavy (non-hydrogen) atoms. The number of benzene rings is 1. The average molecular weight is 457 g/mol. The molecule has 1 aromatic heterocycles. The third kappa shape index (κ3) is 4.96. The first kappa shape index (κ1) is 22.3. The Labute approximate surface area is 191 Å². The van der Waals surface area contributed by atoms with Gasteiger partial charge in [0, 0.05) is 31.2 Å². The van der Waals surface area contributed by atoms with Crippen LogP contribution in [0.4, 0.5) is 0 Å². The summed E-state index contributed by atoms with van der Waals surface area (Å²) < 4.78 is 10.6. The van der Waals surface area contributed by atoms with Crippen molar-refractivity contribution in [2.45, 2.75) is 12.5 Å². The van der Waals surface area contributed by atoms with E-state index >= 15 is 0 Å². The van der Waals surface area contributed by atoms with E-state index in [0.717, 1.165) is 19.6 Å². The molecule has 1 aromatic carbocycles. The standard InChI is InChI=1S/C24H25ClN2O5/c25-18-5-1-4-17(16-18)22-21(20(28)8-7-19-6-2-13-32-19)23(29)24(30)27(22)10-3-9-26-11-14-31-15-12-26/h1-2,4-8,13,16,22,29H,3,9-12,14-15H2/b8-7+. The second kappa shape index (κ2) is 10.2. The minimum Gasteiger partial charge on any atom is -0.503 e. The van der Waals surface area contributed by atoms with Crippen LogP contribution in [-0.4, -0.2) is 66.0 Å². The molecule has 2 aliphatic heterocycles. The van der Waals surface area contributed by atoms with Gasteiger partial charge in [0.05, 0.1) is 31.1 Å². The van der Waals surface area contributed by atoms with E-state index in [-0.39, 0.29) is 5.57 Å². The fourth-order valence-corrected chi connectivity index (χ4v) is 4.28. The lowest BCUT2D eigenvalue weighted by Gasteiger charge is -2.30. The first-order valence-electron chi connectivity index (χ1n) is 10.6. The molecule has 0 spiro atoms. The van der Waals surface area contributed by atoms with E-state index in [0.29, 0.717) is 42.5 Å². The number of carbonyl (C=O) groups is 2. The minimum absolute atomic E-state index is 0.0476. The van der Waals surface area contributed by atoms with Gasteiger partial charge in [-0.05, 0) is 48.4 Å². The summed E-state index contributed by atoms with van der Waals surface area (Å²) in [6.07, 6.45) is 5.04. The number of rotatable bonds is 8. The summed E-state index contributed by atoms with van der Waals surface area (Å²) in [5.41, 5.74) is 0.725. The highest BCUT2D eigenvalue weighted by atomic mass is 35.5. The van der Waals surface area contributed by atoms with Gasteiger partial charge in [0.25, 0.3) is 5.91 Å². The molecule has 0 bridgehead atoms. The van der Waals surface area contributed by atoms with Gasteiger partial charge in [-0.1, -0.05) is 23.7 Å². The minimum atomic E-state index is -0.709. The van der Waals surface area contributed by atoms with Crippen LogP contribution < -0.4 is 0 Å². The number of hydrogen-bond acceptors (Lipinski definition) is 6. The van der Waals surface area contributed by atoms with Crippen molar-refractivity contribution in [2.75, 3.05) is 39.4 Å². The molecule has 0 saturated carbocycles. The van der Waals surface area contributed by atoms with Crippen LogP contribution in [-0.2, 0) is 14.3 Å². The van der Waals surface area contributed by atoms with Crippen molar-refractivity contribution >= 4 is 29.4 Å². The molecule has 2 aromatic rings. The highest BCUT2D eigenvalue weighted by Gasteiger charge is 2.42. The Bertz CT molecular complexity index is 1020. The number of allylic oxidation sites excluding steroid dienone is 1. The number of nitrogens with zero attached hydrogens (tertiary/aromatic N) is 2. The van der Waals surface area contributed by atoms with Gasteiger partial charge in [-0.15, -0.1) is 0 Å². The van der Waals surface area contributed by atoms with Gasteiger partial charge in [0.1, 0.15) is 5.76 Å². The molecular weight excluding hydrogens is 432 g/mol. The Morgan fingerprint density at radius 1 is 1.19 bits per heavy atom. The molecule has 4 rings (SSSR count). The van der Waals surface area contributed by atoms with Crippen LogP contribution in [0.5, 0.6) is 0 Å². The van der Waals surface area contributed by atoms with E-state index < -0.39 is 23.5 Å². The van der Waals surface area contributed by atoms with Gasteiger partial charge in [-0.3, -0.25) is 14.5 Å². The fourth-order valence-electron chi connectivity index (χ4n) is 4.08. The van der Waals surface area contributed by atoms with Crippen molar-refractivity contribution in [3.05, 3.63) is 76.4 Å². The van der Waals surface area contributed by atoms with E-state index in [9.17, 15) is 14.7 Å². The number of halogens is 1. The molecular formula is C24H25ClN2O5. The van der Waals surface area contributed by atoms with Crippen LogP contribution in [0.1, 0.15) is 23.8 Å². The molecule has 1 saturated heterocycles. The third-order valence-corrected chi connectivity index (χ3v) is 5.89. The summed E-state index contributed by atoms with van der Waals surface area (Å²) in [6.45, 7) is 4.33. The molecule has 1 atom stereocenters. The van der Waals surface area contributed by atoms with Gasteiger partial charge in [-0.2, -0.15) is 0 Å². The van der Waals surface area contributed by atoms with E-state index in [4.69, 9.17) is 20.8 Å². The van der Waals surface area contributed by atoms with Crippen LogP contribution in [0.25, 0.3) is 6.08 Å². The SMILES string of the molecule is O=C(/C=C/c1ccco1)C1=C(O)C(=O)N(CCCN2CCOCC2)C1c1cccc(Cl)c1. The number of furan rings is 1. The Morgan fingerprint density at radius 3 is 2.72 bits per heavy atom. The molecule has 1 unspecified atom stereocenters. The average Bonchev–Trinajstić information content (AvgIpc) is 3.40. The molecule has 1 N–H and O–H groups in total. The predicted molar refractivity (Wildman–Crippen MR) is 120 cm³/mol. The lowest BCUT2D eigenvalue weighted by atomic mass is 9.95. The van der Waals surface area contributed by atoms with Crippen LogP contribution in [0.15, 0.2) is 64.5 Å². The molecule has 8 heteroatoms. The maximum atomic E-state index is 13.1. The van der Waals surface area contributed by atoms with Crippen molar-refractivity contribution in [2.24, 2.45) is 0 Å². The molecule has 168 valence electrons. The number of hydrogen-bond donors (Lipinski definition) is 1. The largest absolute Gasteiger partial charge is 0.503 e. The molecule has 7 nitrogen and oxygen atoms in total. The van der Waals surface area contributed by atoms with Gasteiger partial charge in [-0.25, -0.2) is 0 Å². The van der Waals surface area contributed by atoms with Crippen LogP contribution >= 0.6 is 11.6 Å². The number of aliphatic hydroxyl groups is 1. The Balaban J connectivity index is 1.57. The van der Waals surface area contributed by atoms with Gasteiger partial charge in [0.2, 0.25) is 0 Å². The first-order chi connectivity index (χ1) is 15.5. The summed E-state index contributed by atoms with van der Waals surface area (Å²) >= 11 is 6.19. The van der Waals surface area contributed by atoms with E-state index in [1.807, 2.05) is 0 Å². The Morgan fingerprint density at radius 2 is 2.00 bits per heavy atom. The van der Waals surface area contributed by atoms with Gasteiger partial charge < -0.3 is 19.2 Å². The molecule has 0 radical (unpaired) electrons. The second-order valence-corrected chi connectivity index (χ2v) is 8.18. The molecule has 1 amide bonds. The maximum absolute atomic E-state index is 13.1. The maximum Gasteiger partial charge on any atom is 0.290 e. The van der Waals surface area contributed by atoms with Gasteiger partial charge >= 0.3 is 0 Å². The third-order valence-electron chi connectivity index (χ3n) is 5.65. The molecule has 0 aliphatic carbocycles. The lowest BCUT2D eigenvalue weighted by Crippen LogP contribution is -2.39. The second-order valence-electron chi connectivity index (χ2n) is 7.74. The highest BCUT2D eigenvalue weighted by molar-refractivity contribution is 6.30. The smallest absolute Gasteiger partial charge is 0.290 e. The van der Waals surface area contributed by atoms with Crippen LogP contribution in [0.2, 0.25) is 5.02 Å². The zero-order valence-corrected chi connectivity index (χ0v) is 18.3. The lowest BCUT2D eigenvalue weighted by molar-refractivity contribution is -0.129. The summed E-state index contributed by atoms with van der Waals surface area (Å²) in [7, 11) is 0. The van der Waals surface area contributed by atoms with Crippen molar-refractivity contribution in [3.8, 4) is 0 Å². The highest BCUT2D eigenvalue weighted by Crippen LogP contribution is 2.38. The quantitative estimate of drug-likeness (QED) is 0.611. The van der Waals surface area contributed by atoms with Crippen LogP contribution in [0, 0.1) is 0 Å². The zero-order valence-electron chi connectivity index (χ0n) is 17.6. The van der Waals surface area contributed by atoms with Crippen molar-refractivity contribution in [1.29, 1.82) is 0 Å². The summed E-state index contributed by atoms with van der Waals surface area (Å²) in [6, 6.07) is 9.74. The summed E-state index contributed by atoms with van der Waals surface area (Å²) in [4.78, 5) is 29.8. The monoisotopic (exact) mass is 456 g/mol. The fraction of sp³-hybridized carbons (Fsp3) is 0.333. The number of aliphatic hydroxyl groups excluding tert-OH is 1. The Hall–Kier alpha value is -2.87. The van der Waals surface area contributed by atoms with Crippen molar-refractivity contribution in [1.82, 2.24) is 9.80 Å².